The number of nitrogens with zero attached hydrogens (tertiary/aromatic N) is 2. The van der Waals surface area contributed by atoms with E-state index in [0.717, 1.165) is 28.8 Å². The number of carbonyl (C=O) groups excluding carboxylic acids is 1. The van der Waals surface area contributed by atoms with Crippen LogP contribution in [0.4, 0.5) is 5.69 Å². The highest BCUT2D eigenvalue weighted by atomic mass is 16.1. The van der Waals surface area contributed by atoms with Crippen LogP contribution in [0, 0.1) is 0 Å². The van der Waals surface area contributed by atoms with Gasteiger partial charge in [-0.2, -0.15) is 0 Å². The third-order valence-corrected chi connectivity index (χ3v) is 3.46. The lowest BCUT2D eigenvalue weighted by atomic mass is 10.2. The molecule has 4 nitrogen and oxygen atoms in total. The molecular formula is C18H17N3O. The van der Waals surface area contributed by atoms with Crippen molar-refractivity contribution in [3.63, 3.8) is 0 Å². The van der Waals surface area contributed by atoms with Gasteiger partial charge in [0.25, 0.3) is 0 Å². The van der Waals surface area contributed by atoms with E-state index in [1.54, 1.807) is 6.08 Å². The number of carbonyl (C=O) groups is 1. The number of nitrogens with one attached hydrogen (secondary N) is 1. The van der Waals surface area contributed by atoms with Gasteiger partial charge in [0.2, 0.25) is 5.91 Å². The number of hydrogen-bond acceptors (Lipinski definition) is 2. The molecule has 22 heavy (non-hydrogen) atoms. The lowest BCUT2D eigenvalue weighted by molar-refractivity contribution is -0.111. The molecular weight excluding hydrogens is 274 g/mol. The van der Waals surface area contributed by atoms with Gasteiger partial charge in [-0.1, -0.05) is 30.3 Å². The van der Waals surface area contributed by atoms with Gasteiger partial charge in [-0.3, -0.25) is 4.79 Å². The van der Waals surface area contributed by atoms with Crippen LogP contribution in [0.2, 0.25) is 0 Å². The predicted octanol–water partition coefficient (Wildman–Crippen LogP) is 3.71. The Labute approximate surface area is 129 Å². The third-order valence-electron chi connectivity index (χ3n) is 3.46. The fraction of sp³-hybridized carbons (Fsp3) is 0.111. The van der Waals surface area contributed by atoms with Crippen molar-refractivity contribution in [3.8, 4) is 0 Å². The van der Waals surface area contributed by atoms with Gasteiger partial charge < -0.3 is 9.88 Å². The number of benzene rings is 2. The number of aryl methyl sites for hydroxylation is 1. The number of amides is 1. The minimum Gasteiger partial charge on any atom is -0.331 e. The first-order chi connectivity index (χ1) is 10.8. The molecule has 0 unspecified atom stereocenters. The number of anilines is 1. The van der Waals surface area contributed by atoms with Crippen molar-refractivity contribution in [2.75, 3.05) is 5.32 Å². The second-order valence-electron chi connectivity index (χ2n) is 4.97. The predicted molar refractivity (Wildman–Crippen MR) is 89.5 cm³/mol. The largest absolute Gasteiger partial charge is 0.331 e. The van der Waals surface area contributed by atoms with E-state index < -0.39 is 0 Å². The first-order valence-corrected chi connectivity index (χ1v) is 7.25. The van der Waals surface area contributed by atoms with E-state index in [0.29, 0.717) is 0 Å². The zero-order valence-electron chi connectivity index (χ0n) is 12.4. The van der Waals surface area contributed by atoms with Crippen molar-refractivity contribution in [1.29, 1.82) is 0 Å². The van der Waals surface area contributed by atoms with Crippen LogP contribution in [-0.2, 0) is 11.3 Å². The van der Waals surface area contributed by atoms with Crippen LogP contribution >= 0.6 is 0 Å². The number of hydrogen-bond donors (Lipinski definition) is 1. The van der Waals surface area contributed by atoms with Gasteiger partial charge in [0, 0.05) is 18.3 Å². The van der Waals surface area contributed by atoms with E-state index in [9.17, 15) is 4.79 Å². The Morgan fingerprint density at radius 1 is 1.23 bits per heavy atom. The average molecular weight is 291 g/mol. The van der Waals surface area contributed by atoms with Gasteiger partial charge in [-0.15, -0.1) is 0 Å². The van der Waals surface area contributed by atoms with Crippen molar-refractivity contribution in [2.45, 2.75) is 13.5 Å². The Bertz CT molecular complexity index is 819. The minimum atomic E-state index is -0.155. The first kappa shape index (κ1) is 14.1. The van der Waals surface area contributed by atoms with Gasteiger partial charge in [0.15, 0.2) is 0 Å². The highest BCUT2D eigenvalue weighted by molar-refractivity contribution is 6.02. The van der Waals surface area contributed by atoms with Gasteiger partial charge >= 0.3 is 0 Å². The molecule has 0 aliphatic rings. The molecule has 1 aromatic heterocycles. The molecule has 0 bridgehead atoms. The topological polar surface area (TPSA) is 46.9 Å². The van der Waals surface area contributed by atoms with Crippen LogP contribution < -0.4 is 5.32 Å². The van der Waals surface area contributed by atoms with Crippen molar-refractivity contribution in [1.82, 2.24) is 9.55 Å². The van der Waals surface area contributed by atoms with Crippen LogP contribution in [-0.4, -0.2) is 15.5 Å². The fourth-order valence-electron chi connectivity index (χ4n) is 2.31. The highest BCUT2D eigenvalue weighted by Gasteiger charge is 2.04. The minimum absolute atomic E-state index is 0.155. The van der Waals surface area contributed by atoms with Gasteiger partial charge in [-0.25, -0.2) is 4.98 Å². The Kier molecular flexibility index (Phi) is 4.01. The molecule has 4 heteroatoms. The maximum absolute atomic E-state index is 12.0. The third kappa shape index (κ3) is 3.06. The lowest BCUT2D eigenvalue weighted by Crippen LogP contribution is -2.07. The van der Waals surface area contributed by atoms with E-state index in [-0.39, 0.29) is 5.91 Å². The molecule has 0 fully saturated rings. The van der Waals surface area contributed by atoms with Crippen LogP contribution in [0.5, 0.6) is 0 Å². The Hall–Kier alpha value is -2.88. The molecule has 0 atom stereocenters. The summed E-state index contributed by atoms with van der Waals surface area (Å²) in [6.45, 7) is 2.95. The van der Waals surface area contributed by atoms with E-state index in [2.05, 4.69) is 21.8 Å². The van der Waals surface area contributed by atoms with Crippen LogP contribution in [0.25, 0.3) is 17.1 Å². The normalized spacial score (nSPS) is 11.1. The van der Waals surface area contributed by atoms with E-state index in [4.69, 9.17) is 0 Å². The zero-order valence-corrected chi connectivity index (χ0v) is 12.4. The number of imidazole rings is 1. The SMILES string of the molecule is CCn1cnc2cc(NC(=O)C=Cc3ccccc3)ccc21. The number of aromatic nitrogens is 2. The summed E-state index contributed by atoms with van der Waals surface area (Å²) in [5.74, 6) is -0.155. The maximum Gasteiger partial charge on any atom is 0.248 e. The van der Waals surface area contributed by atoms with Crippen molar-refractivity contribution in [2.24, 2.45) is 0 Å². The first-order valence-electron chi connectivity index (χ1n) is 7.25. The smallest absolute Gasteiger partial charge is 0.248 e. The van der Waals surface area contributed by atoms with Crippen molar-refractivity contribution >= 4 is 28.7 Å². The molecule has 0 saturated carbocycles. The molecule has 3 rings (SSSR count). The van der Waals surface area contributed by atoms with E-state index in [1.807, 2.05) is 54.9 Å². The standard InChI is InChI=1S/C18H17N3O/c1-2-21-13-19-16-12-15(9-10-17(16)21)20-18(22)11-8-14-6-4-3-5-7-14/h3-13H,2H2,1H3,(H,20,22). The molecule has 2 aromatic carbocycles. The molecule has 3 aromatic rings. The molecule has 110 valence electrons. The molecule has 0 aliphatic carbocycles. The molecule has 1 N–H and O–H groups in total. The Morgan fingerprint density at radius 2 is 2.05 bits per heavy atom. The highest BCUT2D eigenvalue weighted by Crippen LogP contribution is 2.18. The zero-order chi connectivity index (χ0) is 15.4. The maximum atomic E-state index is 12.0. The monoisotopic (exact) mass is 291 g/mol. The fourth-order valence-corrected chi connectivity index (χ4v) is 2.31. The number of rotatable bonds is 4. The van der Waals surface area contributed by atoms with Crippen LogP contribution in [0.1, 0.15) is 12.5 Å². The van der Waals surface area contributed by atoms with E-state index in [1.165, 1.54) is 6.08 Å². The second-order valence-corrected chi connectivity index (χ2v) is 4.97. The molecule has 0 radical (unpaired) electrons. The Balaban J connectivity index is 1.72. The lowest BCUT2D eigenvalue weighted by Gasteiger charge is -2.03. The Morgan fingerprint density at radius 3 is 2.82 bits per heavy atom. The molecule has 0 spiro atoms. The summed E-state index contributed by atoms with van der Waals surface area (Å²) in [6, 6.07) is 15.5. The molecule has 1 heterocycles. The molecule has 0 saturated heterocycles. The van der Waals surface area contributed by atoms with Crippen molar-refractivity contribution in [3.05, 3.63) is 66.5 Å². The summed E-state index contributed by atoms with van der Waals surface area (Å²) in [6.07, 6.45) is 5.13. The van der Waals surface area contributed by atoms with Gasteiger partial charge in [0.1, 0.15) is 0 Å². The summed E-state index contributed by atoms with van der Waals surface area (Å²) in [5.41, 5.74) is 3.69. The van der Waals surface area contributed by atoms with Gasteiger partial charge in [-0.05, 0) is 36.8 Å². The van der Waals surface area contributed by atoms with Gasteiger partial charge in [0.05, 0.1) is 17.4 Å². The molecule has 1 amide bonds. The van der Waals surface area contributed by atoms with E-state index >= 15 is 0 Å². The van der Waals surface area contributed by atoms with Crippen LogP contribution in [0.3, 0.4) is 0 Å². The number of fused-ring (bicyclic) bond motifs is 1. The summed E-state index contributed by atoms with van der Waals surface area (Å²) in [4.78, 5) is 16.3. The summed E-state index contributed by atoms with van der Waals surface area (Å²) in [7, 11) is 0. The van der Waals surface area contributed by atoms with Crippen molar-refractivity contribution < 1.29 is 4.79 Å². The summed E-state index contributed by atoms with van der Waals surface area (Å²) < 4.78 is 2.07. The van der Waals surface area contributed by atoms with Crippen LogP contribution in [0.15, 0.2) is 60.9 Å². The molecule has 0 aliphatic heterocycles. The average Bonchev–Trinajstić information content (AvgIpc) is 2.96. The quantitative estimate of drug-likeness (QED) is 0.745. The summed E-state index contributed by atoms with van der Waals surface area (Å²) >= 11 is 0. The summed E-state index contributed by atoms with van der Waals surface area (Å²) in [5, 5.41) is 2.86. The second kappa shape index (κ2) is 6.26.